The number of carbonyl (C=O) groups excluding carboxylic acids is 1. The van der Waals surface area contributed by atoms with Gasteiger partial charge < -0.3 is 4.74 Å². The van der Waals surface area contributed by atoms with Crippen LogP contribution in [-0.2, 0) is 17.6 Å². The zero-order valence-corrected chi connectivity index (χ0v) is 11.9. The van der Waals surface area contributed by atoms with E-state index in [0.29, 0.717) is 5.56 Å². The van der Waals surface area contributed by atoms with Crippen molar-refractivity contribution < 1.29 is 31.5 Å². The Balaban J connectivity index is 2.20. The number of hydrogen-bond donors (Lipinski definition) is 0. The van der Waals surface area contributed by atoms with E-state index in [1.165, 1.54) is 31.4 Å². The summed E-state index contributed by atoms with van der Waals surface area (Å²) in [5, 5.41) is 0. The summed E-state index contributed by atoms with van der Waals surface area (Å²) in [6.07, 6.45) is -0.330. The zero-order valence-electron chi connectivity index (χ0n) is 11.9. The van der Waals surface area contributed by atoms with Crippen molar-refractivity contribution in [1.29, 1.82) is 0 Å². The van der Waals surface area contributed by atoms with Gasteiger partial charge in [-0.25, -0.2) is 26.7 Å². The van der Waals surface area contributed by atoms with Crippen molar-refractivity contribution in [2.75, 3.05) is 7.11 Å². The summed E-state index contributed by atoms with van der Waals surface area (Å²) >= 11 is 0. The van der Waals surface area contributed by atoms with Crippen LogP contribution >= 0.6 is 0 Å². The van der Waals surface area contributed by atoms with Crippen molar-refractivity contribution >= 4 is 5.97 Å². The second-order valence-corrected chi connectivity index (χ2v) is 4.74. The second kappa shape index (κ2) is 6.76. The molecular formula is C16H11F5O2. The summed E-state index contributed by atoms with van der Waals surface area (Å²) in [4.78, 5) is 11.3. The minimum absolute atomic E-state index is 0.0415. The molecule has 0 spiro atoms. The average Bonchev–Trinajstić information content (AvgIpc) is 2.58. The summed E-state index contributed by atoms with van der Waals surface area (Å²) in [6, 6.07) is 5.91. The Morgan fingerprint density at radius 2 is 1.30 bits per heavy atom. The first kappa shape index (κ1) is 16.9. The van der Waals surface area contributed by atoms with Gasteiger partial charge in [0.05, 0.1) is 12.7 Å². The molecule has 0 N–H and O–H groups in total. The molecule has 0 fully saturated rings. The van der Waals surface area contributed by atoms with Crippen LogP contribution in [0.3, 0.4) is 0 Å². The highest BCUT2D eigenvalue weighted by molar-refractivity contribution is 5.89. The molecule has 0 aliphatic heterocycles. The standard InChI is InChI=1S/C16H11F5O2/c1-23-16(22)9-5-2-8(3-6-9)4-7-10-11(17)13(19)15(21)14(20)12(10)18/h2-3,5-6H,4,7H2,1H3. The molecule has 2 rings (SSSR count). The first-order valence-electron chi connectivity index (χ1n) is 6.54. The van der Waals surface area contributed by atoms with E-state index in [-0.39, 0.29) is 18.4 Å². The van der Waals surface area contributed by atoms with Crippen LogP contribution in [0, 0.1) is 29.1 Å². The third kappa shape index (κ3) is 3.33. The van der Waals surface area contributed by atoms with Gasteiger partial charge in [-0.15, -0.1) is 0 Å². The number of rotatable bonds is 4. The number of esters is 1. The van der Waals surface area contributed by atoms with Crippen molar-refractivity contribution in [2.45, 2.75) is 12.8 Å². The average molecular weight is 330 g/mol. The molecule has 0 aromatic heterocycles. The van der Waals surface area contributed by atoms with Gasteiger partial charge in [-0.3, -0.25) is 0 Å². The lowest BCUT2D eigenvalue weighted by atomic mass is 10.0. The van der Waals surface area contributed by atoms with Crippen LogP contribution in [0.5, 0.6) is 0 Å². The van der Waals surface area contributed by atoms with Gasteiger partial charge in [0.2, 0.25) is 5.82 Å². The highest BCUT2D eigenvalue weighted by atomic mass is 19.2. The number of benzene rings is 2. The van der Waals surface area contributed by atoms with Crippen LogP contribution < -0.4 is 0 Å². The maximum Gasteiger partial charge on any atom is 0.337 e. The van der Waals surface area contributed by atoms with Gasteiger partial charge in [-0.05, 0) is 30.5 Å². The molecule has 0 aliphatic carbocycles. The van der Waals surface area contributed by atoms with Crippen molar-refractivity contribution in [3.05, 3.63) is 70.0 Å². The minimum atomic E-state index is -2.17. The lowest BCUT2D eigenvalue weighted by Crippen LogP contribution is -2.08. The van der Waals surface area contributed by atoms with Crippen LogP contribution in [0.1, 0.15) is 21.5 Å². The lowest BCUT2D eigenvalue weighted by Gasteiger charge is -2.08. The first-order valence-corrected chi connectivity index (χ1v) is 6.54. The third-order valence-electron chi connectivity index (χ3n) is 3.34. The van der Waals surface area contributed by atoms with Crippen molar-refractivity contribution in [3.63, 3.8) is 0 Å². The fraction of sp³-hybridized carbons (Fsp3) is 0.188. The SMILES string of the molecule is COC(=O)c1ccc(CCc2c(F)c(F)c(F)c(F)c2F)cc1. The zero-order chi connectivity index (χ0) is 17.1. The van der Waals surface area contributed by atoms with E-state index in [2.05, 4.69) is 4.74 Å². The van der Waals surface area contributed by atoms with Crippen molar-refractivity contribution in [3.8, 4) is 0 Å². The fourth-order valence-electron chi connectivity index (χ4n) is 2.06. The molecule has 23 heavy (non-hydrogen) atoms. The molecule has 2 nitrogen and oxygen atoms in total. The number of halogens is 5. The predicted octanol–water partition coefficient (Wildman–Crippen LogP) is 3.95. The van der Waals surface area contributed by atoms with Gasteiger partial charge in [0.1, 0.15) is 0 Å². The van der Waals surface area contributed by atoms with Gasteiger partial charge in [0.15, 0.2) is 23.3 Å². The minimum Gasteiger partial charge on any atom is -0.465 e. The number of hydrogen-bond acceptors (Lipinski definition) is 2. The Morgan fingerprint density at radius 1 is 0.826 bits per heavy atom. The van der Waals surface area contributed by atoms with Gasteiger partial charge in [0.25, 0.3) is 0 Å². The van der Waals surface area contributed by atoms with E-state index in [4.69, 9.17) is 0 Å². The highest BCUT2D eigenvalue weighted by Gasteiger charge is 2.25. The van der Waals surface area contributed by atoms with Gasteiger partial charge in [-0.1, -0.05) is 12.1 Å². The summed E-state index contributed by atoms with van der Waals surface area (Å²) in [5.41, 5.74) is -0.00692. The maximum atomic E-state index is 13.5. The molecule has 7 heteroatoms. The molecule has 0 amide bonds. The molecular weight excluding hydrogens is 319 g/mol. The molecule has 0 saturated heterocycles. The largest absolute Gasteiger partial charge is 0.465 e. The molecule has 0 radical (unpaired) electrons. The molecule has 0 heterocycles. The molecule has 122 valence electrons. The van der Waals surface area contributed by atoms with Gasteiger partial charge in [0, 0.05) is 5.56 Å². The van der Waals surface area contributed by atoms with E-state index < -0.39 is 40.6 Å². The van der Waals surface area contributed by atoms with E-state index in [0.717, 1.165) is 0 Å². The van der Waals surface area contributed by atoms with Gasteiger partial charge >= 0.3 is 5.97 Å². The van der Waals surface area contributed by atoms with Crippen LogP contribution in [-0.4, -0.2) is 13.1 Å². The van der Waals surface area contributed by atoms with E-state index >= 15 is 0 Å². The van der Waals surface area contributed by atoms with Gasteiger partial charge in [-0.2, -0.15) is 0 Å². The number of ether oxygens (including phenoxy) is 1. The Kier molecular flexibility index (Phi) is 4.98. The summed E-state index contributed by atoms with van der Waals surface area (Å²) < 4.78 is 70.7. The second-order valence-electron chi connectivity index (χ2n) is 4.74. The molecule has 0 bridgehead atoms. The van der Waals surface area contributed by atoms with Crippen LogP contribution in [0.25, 0.3) is 0 Å². The molecule has 0 atom stereocenters. The Labute approximate surface area is 128 Å². The molecule has 2 aromatic carbocycles. The normalized spacial score (nSPS) is 10.7. The van der Waals surface area contributed by atoms with E-state index in [1.807, 2.05) is 0 Å². The van der Waals surface area contributed by atoms with E-state index in [9.17, 15) is 26.7 Å². The highest BCUT2D eigenvalue weighted by Crippen LogP contribution is 2.24. The first-order chi connectivity index (χ1) is 10.9. The smallest absolute Gasteiger partial charge is 0.337 e. The predicted molar refractivity (Wildman–Crippen MR) is 71.4 cm³/mol. The van der Waals surface area contributed by atoms with Crippen LogP contribution in [0.2, 0.25) is 0 Å². The number of methoxy groups -OCH3 is 1. The monoisotopic (exact) mass is 330 g/mol. The number of carbonyl (C=O) groups is 1. The third-order valence-corrected chi connectivity index (χ3v) is 3.34. The topological polar surface area (TPSA) is 26.3 Å². The molecule has 0 unspecified atom stereocenters. The van der Waals surface area contributed by atoms with Crippen LogP contribution in [0.4, 0.5) is 22.0 Å². The number of aryl methyl sites for hydroxylation is 1. The summed E-state index contributed by atoms with van der Waals surface area (Å²) in [5.74, 6) is -10.3. The van der Waals surface area contributed by atoms with Crippen LogP contribution in [0.15, 0.2) is 24.3 Å². The fourth-order valence-corrected chi connectivity index (χ4v) is 2.06. The maximum absolute atomic E-state index is 13.5. The van der Waals surface area contributed by atoms with E-state index in [1.54, 1.807) is 0 Å². The molecule has 0 saturated carbocycles. The van der Waals surface area contributed by atoms with Crippen molar-refractivity contribution in [1.82, 2.24) is 0 Å². The Hall–Kier alpha value is -2.44. The summed E-state index contributed by atoms with van der Waals surface area (Å²) in [6.45, 7) is 0. The van der Waals surface area contributed by atoms with Crippen molar-refractivity contribution in [2.24, 2.45) is 0 Å². The molecule has 0 aliphatic rings. The lowest BCUT2D eigenvalue weighted by molar-refractivity contribution is 0.0600. The Bertz CT molecular complexity index is 712. The summed E-state index contributed by atoms with van der Waals surface area (Å²) in [7, 11) is 1.22. The molecule has 2 aromatic rings. The Morgan fingerprint density at radius 3 is 1.78 bits per heavy atom. The quantitative estimate of drug-likeness (QED) is 0.367.